The number of aliphatic hydroxyl groups excluding tert-OH is 1. The number of imide groups is 1. The van der Waals surface area contributed by atoms with Crippen molar-refractivity contribution in [2.45, 2.75) is 46.8 Å². The molecule has 2 amide bonds. The van der Waals surface area contributed by atoms with E-state index in [1.54, 1.807) is 19.9 Å². The lowest BCUT2D eigenvalue weighted by molar-refractivity contribution is -0.125. The Morgan fingerprint density at radius 2 is 2.00 bits per heavy atom. The number of nitrogens with zero attached hydrogens (tertiary/aromatic N) is 1. The maximum absolute atomic E-state index is 12.3. The van der Waals surface area contributed by atoms with Gasteiger partial charge in [-0.2, -0.15) is 0 Å². The van der Waals surface area contributed by atoms with Gasteiger partial charge in [-0.3, -0.25) is 4.79 Å². The third kappa shape index (κ3) is 3.56. The molecule has 0 aromatic heterocycles. The molecule has 5 heteroatoms. The van der Waals surface area contributed by atoms with Crippen molar-refractivity contribution in [3.05, 3.63) is 11.6 Å². The first kappa shape index (κ1) is 15.7. The van der Waals surface area contributed by atoms with Crippen LogP contribution in [-0.4, -0.2) is 40.8 Å². The number of hydrogen-bond acceptors (Lipinski definition) is 4. The van der Waals surface area contributed by atoms with Crippen LogP contribution < -0.4 is 0 Å². The zero-order valence-corrected chi connectivity index (χ0v) is 12.2. The summed E-state index contributed by atoms with van der Waals surface area (Å²) in [4.78, 5) is 25.2. The maximum Gasteiger partial charge on any atom is 0.417 e. The first-order chi connectivity index (χ1) is 8.75. The molecule has 0 spiro atoms. The third-order valence-electron chi connectivity index (χ3n) is 3.51. The first-order valence-corrected chi connectivity index (χ1v) is 6.62. The van der Waals surface area contributed by atoms with Crippen LogP contribution in [0.4, 0.5) is 4.79 Å². The fraction of sp³-hybridized carbons (Fsp3) is 0.714. The van der Waals surface area contributed by atoms with Gasteiger partial charge in [-0.1, -0.05) is 26.8 Å². The number of cyclic esters (lactones) is 1. The number of amides is 2. The van der Waals surface area contributed by atoms with Crippen molar-refractivity contribution in [3.63, 3.8) is 0 Å². The standard InChI is InChI=1S/C14H23NO4/c1-8(2)12-7-19-14(18)15(12)13(17)10(4)6-9(3)11(5)16/h6,8-9,11-12,16H,7H2,1-5H3/b10-6+/t9-,11+,12+/m1/s1. The molecule has 5 nitrogen and oxygen atoms in total. The molecule has 1 fully saturated rings. The third-order valence-corrected chi connectivity index (χ3v) is 3.51. The van der Waals surface area contributed by atoms with E-state index in [0.717, 1.165) is 0 Å². The van der Waals surface area contributed by atoms with Crippen molar-refractivity contribution in [1.29, 1.82) is 0 Å². The summed E-state index contributed by atoms with van der Waals surface area (Å²) in [6.45, 7) is 9.30. The Hall–Kier alpha value is -1.36. The molecule has 0 unspecified atom stereocenters. The number of ether oxygens (including phenoxy) is 1. The number of rotatable bonds is 4. The second kappa shape index (κ2) is 6.19. The van der Waals surface area contributed by atoms with Crippen LogP contribution in [0.15, 0.2) is 11.6 Å². The van der Waals surface area contributed by atoms with Crippen LogP contribution >= 0.6 is 0 Å². The predicted molar refractivity (Wildman–Crippen MR) is 71.4 cm³/mol. The second-order valence-corrected chi connectivity index (χ2v) is 5.51. The van der Waals surface area contributed by atoms with Gasteiger partial charge in [-0.05, 0) is 19.8 Å². The van der Waals surface area contributed by atoms with Gasteiger partial charge in [-0.15, -0.1) is 0 Å². The quantitative estimate of drug-likeness (QED) is 0.792. The highest BCUT2D eigenvalue weighted by Crippen LogP contribution is 2.22. The molecule has 0 aromatic carbocycles. The minimum Gasteiger partial charge on any atom is -0.447 e. The fourth-order valence-corrected chi connectivity index (χ4v) is 1.96. The van der Waals surface area contributed by atoms with Gasteiger partial charge >= 0.3 is 6.09 Å². The summed E-state index contributed by atoms with van der Waals surface area (Å²) in [5.74, 6) is -0.328. The highest BCUT2D eigenvalue weighted by molar-refractivity contribution is 6.03. The molecule has 0 aliphatic carbocycles. The lowest BCUT2D eigenvalue weighted by Crippen LogP contribution is -2.42. The summed E-state index contributed by atoms with van der Waals surface area (Å²) in [6, 6.07) is -0.217. The molecule has 1 N–H and O–H groups in total. The van der Waals surface area contributed by atoms with Crippen molar-refractivity contribution < 1.29 is 19.4 Å². The van der Waals surface area contributed by atoms with Crippen LogP contribution in [0.25, 0.3) is 0 Å². The van der Waals surface area contributed by atoms with Gasteiger partial charge in [0.1, 0.15) is 6.61 Å². The average Bonchev–Trinajstić information content (AvgIpc) is 2.69. The predicted octanol–water partition coefficient (Wildman–Crippen LogP) is 1.95. The van der Waals surface area contributed by atoms with E-state index in [4.69, 9.17) is 4.74 Å². The van der Waals surface area contributed by atoms with Crippen LogP contribution in [0.3, 0.4) is 0 Å². The molecular weight excluding hydrogens is 246 g/mol. The van der Waals surface area contributed by atoms with Crippen LogP contribution in [0.1, 0.15) is 34.6 Å². The van der Waals surface area contributed by atoms with E-state index in [1.165, 1.54) is 4.90 Å². The van der Waals surface area contributed by atoms with Crippen molar-refractivity contribution >= 4 is 12.0 Å². The van der Waals surface area contributed by atoms with E-state index in [1.807, 2.05) is 20.8 Å². The van der Waals surface area contributed by atoms with Gasteiger partial charge in [0.05, 0.1) is 12.1 Å². The zero-order valence-electron chi connectivity index (χ0n) is 12.2. The molecule has 0 radical (unpaired) electrons. The minimum absolute atomic E-state index is 0.139. The molecule has 19 heavy (non-hydrogen) atoms. The summed E-state index contributed by atoms with van der Waals surface area (Å²) >= 11 is 0. The normalized spacial score (nSPS) is 23.5. The van der Waals surface area contributed by atoms with Gasteiger partial charge in [0.2, 0.25) is 0 Å². The van der Waals surface area contributed by atoms with Crippen LogP contribution in [-0.2, 0) is 9.53 Å². The summed E-state index contributed by atoms with van der Waals surface area (Å²) in [5, 5.41) is 9.45. The Labute approximate surface area is 114 Å². The second-order valence-electron chi connectivity index (χ2n) is 5.51. The first-order valence-electron chi connectivity index (χ1n) is 6.62. The molecule has 108 valence electrons. The van der Waals surface area contributed by atoms with Crippen molar-refractivity contribution in [1.82, 2.24) is 4.90 Å². The largest absolute Gasteiger partial charge is 0.447 e. The Balaban J connectivity index is 2.89. The molecule has 1 aliphatic heterocycles. The van der Waals surface area contributed by atoms with Crippen LogP contribution in [0.5, 0.6) is 0 Å². The average molecular weight is 269 g/mol. The number of carbonyl (C=O) groups is 2. The van der Waals surface area contributed by atoms with Crippen LogP contribution in [0, 0.1) is 11.8 Å². The Bertz CT molecular complexity index is 387. The molecule has 1 saturated heterocycles. The van der Waals surface area contributed by atoms with Gasteiger partial charge in [0, 0.05) is 11.5 Å². The van der Waals surface area contributed by atoms with E-state index < -0.39 is 12.2 Å². The molecule has 0 bridgehead atoms. The van der Waals surface area contributed by atoms with E-state index in [0.29, 0.717) is 5.57 Å². The maximum atomic E-state index is 12.3. The Morgan fingerprint density at radius 1 is 1.42 bits per heavy atom. The molecular formula is C14H23NO4. The van der Waals surface area contributed by atoms with E-state index in [2.05, 4.69) is 0 Å². The van der Waals surface area contributed by atoms with Crippen molar-refractivity contribution in [2.24, 2.45) is 11.8 Å². The topological polar surface area (TPSA) is 66.8 Å². The van der Waals surface area contributed by atoms with E-state index in [-0.39, 0.29) is 30.4 Å². The van der Waals surface area contributed by atoms with Crippen molar-refractivity contribution in [3.8, 4) is 0 Å². The lowest BCUT2D eigenvalue weighted by atomic mass is 10.0. The Morgan fingerprint density at radius 3 is 2.47 bits per heavy atom. The number of carbonyl (C=O) groups excluding carboxylic acids is 2. The fourth-order valence-electron chi connectivity index (χ4n) is 1.96. The van der Waals surface area contributed by atoms with E-state index in [9.17, 15) is 14.7 Å². The molecule has 1 rings (SSSR count). The van der Waals surface area contributed by atoms with Gasteiger partial charge in [0.15, 0.2) is 0 Å². The van der Waals surface area contributed by atoms with Crippen LogP contribution in [0.2, 0.25) is 0 Å². The lowest BCUT2D eigenvalue weighted by Gasteiger charge is -2.23. The van der Waals surface area contributed by atoms with Crippen molar-refractivity contribution in [2.75, 3.05) is 6.61 Å². The van der Waals surface area contributed by atoms with Gasteiger partial charge in [-0.25, -0.2) is 9.69 Å². The minimum atomic E-state index is -0.582. The molecule has 0 saturated carbocycles. The Kier molecular flexibility index (Phi) is 5.11. The number of hydrogen-bond donors (Lipinski definition) is 1. The SMILES string of the molecule is C/C(=C\[C@@H](C)[C@H](C)O)C(=O)N1C(=O)OC[C@H]1C(C)C. The highest BCUT2D eigenvalue weighted by Gasteiger charge is 2.39. The molecule has 0 aromatic rings. The number of aliphatic hydroxyl groups is 1. The molecule has 1 heterocycles. The molecule has 1 aliphatic rings. The van der Waals surface area contributed by atoms with Gasteiger partial charge < -0.3 is 9.84 Å². The summed E-state index contributed by atoms with van der Waals surface area (Å²) in [7, 11) is 0. The summed E-state index contributed by atoms with van der Waals surface area (Å²) < 4.78 is 4.95. The smallest absolute Gasteiger partial charge is 0.417 e. The molecule has 3 atom stereocenters. The van der Waals surface area contributed by atoms with Gasteiger partial charge in [0.25, 0.3) is 5.91 Å². The highest BCUT2D eigenvalue weighted by atomic mass is 16.6. The summed E-state index contributed by atoms with van der Waals surface area (Å²) in [5.41, 5.74) is 0.456. The zero-order chi connectivity index (χ0) is 14.7. The summed E-state index contributed by atoms with van der Waals surface area (Å²) in [6.07, 6.45) is 0.575. The van der Waals surface area contributed by atoms with E-state index >= 15 is 0 Å². The monoisotopic (exact) mass is 269 g/mol.